The van der Waals surface area contributed by atoms with Crippen LogP contribution in [0.1, 0.15) is 12.5 Å². The van der Waals surface area contributed by atoms with Crippen molar-refractivity contribution in [2.45, 2.75) is 19.5 Å². The zero-order chi connectivity index (χ0) is 12.5. The van der Waals surface area contributed by atoms with Crippen molar-refractivity contribution in [1.82, 2.24) is 15.6 Å². The normalized spacial score (nSPS) is 12.6. The second kappa shape index (κ2) is 8.58. The number of rotatable bonds is 8. The molecule has 0 aliphatic carbocycles. The molecule has 0 bridgehead atoms. The standard InChI is InChI=1S/C12H20BrN3O/c1-10(6-14-3-4-17-2)16-8-11-5-12(13)9-15-7-11/h5,7,9-10,14,16H,3-4,6,8H2,1-2H3. The van der Waals surface area contributed by atoms with Crippen LogP contribution in [0.4, 0.5) is 0 Å². The Labute approximate surface area is 111 Å². The second-order valence-corrected chi connectivity index (χ2v) is 4.91. The molecule has 0 radical (unpaired) electrons. The molecule has 4 nitrogen and oxygen atoms in total. The number of ether oxygens (including phenoxy) is 1. The third-order valence-corrected chi connectivity index (χ3v) is 2.78. The van der Waals surface area contributed by atoms with E-state index >= 15 is 0 Å². The van der Waals surface area contributed by atoms with Gasteiger partial charge in [0.15, 0.2) is 0 Å². The number of nitrogens with zero attached hydrogens (tertiary/aromatic N) is 1. The monoisotopic (exact) mass is 301 g/mol. The number of nitrogens with one attached hydrogen (secondary N) is 2. The van der Waals surface area contributed by atoms with Crippen molar-refractivity contribution >= 4 is 15.9 Å². The Morgan fingerprint density at radius 2 is 2.29 bits per heavy atom. The number of hydrogen-bond donors (Lipinski definition) is 2. The predicted octanol–water partition coefficient (Wildman–Crippen LogP) is 1.56. The number of pyridine rings is 1. The maximum Gasteiger partial charge on any atom is 0.0587 e. The number of aromatic nitrogens is 1. The predicted molar refractivity (Wildman–Crippen MR) is 73.0 cm³/mol. The topological polar surface area (TPSA) is 46.2 Å². The first-order valence-corrected chi connectivity index (χ1v) is 6.54. The fraction of sp³-hybridized carbons (Fsp3) is 0.583. The fourth-order valence-corrected chi connectivity index (χ4v) is 1.82. The molecule has 0 aliphatic heterocycles. The molecular formula is C12H20BrN3O. The lowest BCUT2D eigenvalue weighted by Gasteiger charge is -2.14. The first kappa shape index (κ1) is 14.6. The lowest BCUT2D eigenvalue weighted by atomic mass is 10.2. The Hall–Kier alpha value is -0.490. The van der Waals surface area contributed by atoms with Crippen LogP contribution in [0.3, 0.4) is 0 Å². The van der Waals surface area contributed by atoms with Crippen LogP contribution in [-0.2, 0) is 11.3 Å². The van der Waals surface area contributed by atoms with Crippen molar-refractivity contribution in [3.05, 3.63) is 28.5 Å². The van der Waals surface area contributed by atoms with Crippen LogP contribution in [0, 0.1) is 0 Å². The van der Waals surface area contributed by atoms with Gasteiger partial charge in [0.2, 0.25) is 0 Å². The first-order chi connectivity index (χ1) is 8.22. The Balaban J connectivity index is 2.17. The smallest absolute Gasteiger partial charge is 0.0587 e. The van der Waals surface area contributed by atoms with Gasteiger partial charge in [-0.15, -0.1) is 0 Å². The first-order valence-electron chi connectivity index (χ1n) is 5.75. The minimum Gasteiger partial charge on any atom is -0.383 e. The van der Waals surface area contributed by atoms with Gasteiger partial charge in [0.25, 0.3) is 0 Å². The maximum absolute atomic E-state index is 4.97. The van der Waals surface area contributed by atoms with Gasteiger partial charge < -0.3 is 15.4 Å². The summed E-state index contributed by atoms with van der Waals surface area (Å²) in [4.78, 5) is 4.13. The van der Waals surface area contributed by atoms with Crippen LogP contribution in [0.15, 0.2) is 22.9 Å². The van der Waals surface area contributed by atoms with Crippen LogP contribution in [0.25, 0.3) is 0 Å². The zero-order valence-electron chi connectivity index (χ0n) is 10.4. The third kappa shape index (κ3) is 6.73. The summed E-state index contributed by atoms with van der Waals surface area (Å²) in [7, 11) is 1.71. The molecule has 1 rings (SSSR count). The SMILES string of the molecule is COCCNCC(C)NCc1cncc(Br)c1. The van der Waals surface area contributed by atoms with E-state index in [4.69, 9.17) is 4.74 Å². The molecular weight excluding hydrogens is 282 g/mol. The molecule has 0 aliphatic rings. The van der Waals surface area contributed by atoms with E-state index < -0.39 is 0 Å². The van der Waals surface area contributed by atoms with Crippen LogP contribution in [0.5, 0.6) is 0 Å². The van der Waals surface area contributed by atoms with E-state index in [9.17, 15) is 0 Å². The van der Waals surface area contributed by atoms with Crippen LogP contribution >= 0.6 is 15.9 Å². The molecule has 1 atom stereocenters. The minimum absolute atomic E-state index is 0.422. The number of methoxy groups -OCH3 is 1. The van der Waals surface area contributed by atoms with E-state index in [-0.39, 0.29) is 0 Å². The van der Waals surface area contributed by atoms with Crippen molar-refractivity contribution in [2.24, 2.45) is 0 Å². The van der Waals surface area contributed by atoms with Gasteiger partial charge in [0, 0.05) is 49.7 Å². The summed E-state index contributed by atoms with van der Waals surface area (Å²) >= 11 is 3.41. The molecule has 2 N–H and O–H groups in total. The third-order valence-electron chi connectivity index (χ3n) is 2.35. The summed E-state index contributed by atoms with van der Waals surface area (Å²) in [6.45, 7) is 5.57. The zero-order valence-corrected chi connectivity index (χ0v) is 12.0. The highest BCUT2D eigenvalue weighted by atomic mass is 79.9. The van der Waals surface area contributed by atoms with Gasteiger partial charge in [0.05, 0.1) is 6.61 Å². The van der Waals surface area contributed by atoms with Crippen LogP contribution in [-0.4, -0.2) is 37.8 Å². The summed E-state index contributed by atoms with van der Waals surface area (Å²) < 4.78 is 5.99. The highest BCUT2D eigenvalue weighted by Crippen LogP contribution is 2.09. The van der Waals surface area contributed by atoms with Gasteiger partial charge in [-0.1, -0.05) is 0 Å². The second-order valence-electron chi connectivity index (χ2n) is 3.99. The van der Waals surface area contributed by atoms with Gasteiger partial charge in [-0.25, -0.2) is 0 Å². The van der Waals surface area contributed by atoms with Gasteiger partial charge in [-0.05, 0) is 34.5 Å². The molecule has 1 unspecified atom stereocenters. The maximum atomic E-state index is 4.97. The molecule has 96 valence electrons. The summed E-state index contributed by atoms with van der Waals surface area (Å²) in [6, 6.07) is 2.50. The van der Waals surface area contributed by atoms with Crippen LogP contribution < -0.4 is 10.6 Å². The van der Waals surface area contributed by atoms with Gasteiger partial charge in [-0.2, -0.15) is 0 Å². The summed E-state index contributed by atoms with van der Waals surface area (Å²) in [5.74, 6) is 0. The highest BCUT2D eigenvalue weighted by molar-refractivity contribution is 9.10. The van der Waals surface area contributed by atoms with Crippen LogP contribution in [0.2, 0.25) is 0 Å². The Morgan fingerprint density at radius 3 is 3.00 bits per heavy atom. The molecule has 0 fully saturated rings. The molecule has 5 heteroatoms. The molecule has 1 heterocycles. The van der Waals surface area contributed by atoms with Gasteiger partial charge in [-0.3, -0.25) is 4.98 Å². The largest absolute Gasteiger partial charge is 0.383 e. The van der Waals surface area contributed by atoms with Crippen molar-refractivity contribution in [3.63, 3.8) is 0 Å². The average molecular weight is 302 g/mol. The minimum atomic E-state index is 0.422. The summed E-state index contributed by atoms with van der Waals surface area (Å²) in [6.07, 6.45) is 3.67. The molecule has 0 aromatic carbocycles. The number of halogens is 1. The quantitative estimate of drug-likeness (QED) is 0.716. The fourth-order valence-electron chi connectivity index (χ4n) is 1.41. The molecule has 0 amide bonds. The van der Waals surface area contributed by atoms with E-state index in [1.807, 2.05) is 6.20 Å². The molecule has 0 spiro atoms. The van der Waals surface area contributed by atoms with Gasteiger partial charge in [0.1, 0.15) is 0 Å². The van der Waals surface area contributed by atoms with E-state index in [1.165, 1.54) is 5.56 Å². The highest BCUT2D eigenvalue weighted by Gasteiger charge is 2.01. The number of hydrogen-bond acceptors (Lipinski definition) is 4. The molecule has 0 saturated carbocycles. The van der Waals surface area contributed by atoms with E-state index in [0.29, 0.717) is 6.04 Å². The lowest BCUT2D eigenvalue weighted by Crippen LogP contribution is -2.37. The van der Waals surface area contributed by atoms with Crippen molar-refractivity contribution in [2.75, 3.05) is 26.8 Å². The Morgan fingerprint density at radius 1 is 1.47 bits per heavy atom. The molecule has 17 heavy (non-hydrogen) atoms. The van der Waals surface area contributed by atoms with E-state index in [1.54, 1.807) is 13.3 Å². The van der Waals surface area contributed by atoms with Crippen molar-refractivity contribution in [3.8, 4) is 0 Å². The molecule has 0 saturated heterocycles. The summed E-state index contributed by atoms with van der Waals surface area (Å²) in [5, 5.41) is 6.76. The summed E-state index contributed by atoms with van der Waals surface area (Å²) in [5.41, 5.74) is 1.18. The van der Waals surface area contributed by atoms with Crippen molar-refractivity contribution in [1.29, 1.82) is 0 Å². The van der Waals surface area contributed by atoms with Gasteiger partial charge >= 0.3 is 0 Å². The Kier molecular flexibility index (Phi) is 7.35. The molecule has 1 aromatic rings. The Bertz CT molecular complexity index is 322. The lowest BCUT2D eigenvalue weighted by molar-refractivity contribution is 0.198. The van der Waals surface area contributed by atoms with E-state index in [2.05, 4.69) is 44.5 Å². The molecule has 1 aromatic heterocycles. The van der Waals surface area contributed by atoms with E-state index in [0.717, 1.165) is 30.7 Å². The average Bonchev–Trinajstić information content (AvgIpc) is 2.32. The van der Waals surface area contributed by atoms with Crippen molar-refractivity contribution < 1.29 is 4.74 Å².